The van der Waals surface area contributed by atoms with E-state index in [2.05, 4.69) is 13.5 Å². The largest absolute Gasteiger partial charge is 0.396 e. The van der Waals surface area contributed by atoms with Gasteiger partial charge in [-0.2, -0.15) is 0 Å². The second-order valence-electron chi connectivity index (χ2n) is 11.9. The van der Waals surface area contributed by atoms with Crippen molar-refractivity contribution in [2.24, 2.45) is 28.1 Å². The zero-order chi connectivity index (χ0) is 25.9. The van der Waals surface area contributed by atoms with Gasteiger partial charge in [0, 0.05) is 11.3 Å². The van der Waals surface area contributed by atoms with Gasteiger partial charge >= 0.3 is 0 Å². The van der Waals surface area contributed by atoms with Crippen molar-refractivity contribution in [3.63, 3.8) is 0 Å². The lowest BCUT2D eigenvalue weighted by Gasteiger charge is -2.62. The predicted molar refractivity (Wildman–Crippen MR) is 125 cm³/mol. The number of allylic oxidation sites excluding steroid dienone is 3. The third-order valence-electron chi connectivity index (χ3n) is 9.40. The van der Waals surface area contributed by atoms with Gasteiger partial charge in [-0.3, -0.25) is 4.79 Å². The first-order chi connectivity index (χ1) is 16.3. The Bertz CT molecular complexity index is 873. The van der Waals surface area contributed by atoms with Gasteiger partial charge in [-0.05, 0) is 48.5 Å². The van der Waals surface area contributed by atoms with Gasteiger partial charge in [0.2, 0.25) is 0 Å². The number of ketones is 1. The van der Waals surface area contributed by atoms with Crippen LogP contribution in [-0.2, 0) is 14.3 Å². The summed E-state index contributed by atoms with van der Waals surface area (Å²) in [5.41, 5.74) is -0.865. The quantitative estimate of drug-likeness (QED) is 0.290. The van der Waals surface area contributed by atoms with Crippen LogP contribution in [0.1, 0.15) is 46.5 Å². The Balaban J connectivity index is 1.67. The van der Waals surface area contributed by atoms with E-state index in [0.717, 1.165) is 24.8 Å². The normalized spacial score (nSPS) is 52.3. The fourth-order valence-corrected chi connectivity index (χ4v) is 7.46. The highest BCUT2D eigenvalue weighted by atomic mass is 16.7. The molecule has 12 atom stereocenters. The van der Waals surface area contributed by atoms with E-state index in [1.165, 1.54) is 0 Å². The summed E-state index contributed by atoms with van der Waals surface area (Å²) in [6, 6.07) is 0. The molecule has 3 fully saturated rings. The maximum atomic E-state index is 13.6. The predicted octanol–water partition coefficient (Wildman–Crippen LogP) is 0.0587. The van der Waals surface area contributed by atoms with Gasteiger partial charge in [0.05, 0.1) is 25.4 Å². The number of ether oxygens (including phenoxy) is 2. The molecule has 0 aromatic carbocycles. The van der Waals surface area contributed by atoms with Crippen LogP contribution in [0.2, 0.25) is 0 Å². The Labute approximate surface area is 206 Å². The van der Waals surface area contributed by atoms with E-state index in [0.29, 0.717) is 0 Å². The van der Waals surface area contributed by atoms with Crippen LogP contribution in [0, 0.1) is 28.1 Å². The molecule has 198 valence electrons. The molecule has 2 saturated carbocycles. The fraction of sp³-hybridized carbons (Fsp3) is 0.808. The Kier molecular flexibility index (Phi) is 7.14. The van der Waals surface area contributed by atoms with Crippen molar-refractivity contribution in [1.82, 2.24) is 0 Å². The number of hydrogen-bond acceptors (Lipinski definition) is 9. The van der Waals surface area contributed by atoms with E-state index in [-0.39, 0.29) is 23.5 Å². The van der Waals surface area contributed by atoms with Crippen LogP contribution >= 0.6 is 0 Å². The topological polar surface area (TPSA) is 157 Å². The maximum Gasteiger partial charge on any atom is 0.187 e. The summed E-state index contributed by atoms with van der Waals surface area (Å²) in [6.07, 6.45) is -3.33. The van der Waals surface area contributed by atoms with Crippen LogP contribution in [0.15, 0.2) is 24.3 Å². The van der Waals surface area contributed by atoms with Crippen LogP contribution in [-0.4, -0.2) is 92.5 Å². The third kappa shape index (κ3) is 4.14. The molecule has 0 aromatic heterocycles. The molecule has 1 heterocycles. The first-order valence-corrected chi connectivity index (χ1v) is 12.5. The lowest BCUT2D eigenvalue weighted by atomic mass is 9.44. The zero-order valence-electron chi connectivity index (χ0n) is 20.7. The molecule has 3 aliphatic carbocycles. The highest BCUT2D eigenvalue weighted by Gasteiger charge is 2.65. The van der Waals surface area contributed by atoms with E-state index in [1.807, 2.05) is 13.0 Å². The number of aliphatic hydroxyl groups excluding tert-OH is 6. The van der Waals surface area contributed by atoms with Crippen molar-refractivity contribution in [3.05, 3.63) is 24.3 Å². The molecule has 0 amide bonds. The van der Waals surface area contributed by atoms with Gasteiger partial charge in [-0.1, -0.05) is 32.4 Å². The van der Waals surface area contributed by atoms with Gasteiger partial charge < -0.3 is 40.1 Å². The summed E-state index contributed by atoms with van der Waals surface area (Å²) in [5, 5.41) is 62.2. The first kappa shape index (κ1) is 26.9. The van der Waals surface area contributed by atoms with Crippen LogP contribution in [0.4, 0.5) is 0 Å². The molecule has 0 spiro atoms. The first-order valence-electron chi connectivity index (χ1n) is 12.5. The standard InChI is InChI=1S/C26H40O9/c1-5-24(2)7-6-14-13(9-24)8-15(29)21-25(14,3)10-16(30)22(26(21,4)12-28)35-23-20(33)19(32)18(31)17(11-27)34-23/h5,8,14,16-23,27-28,30-33H,1,6-7,9-12H2,2-4H3/t14-,16+,17+,18+,19+,20-,21+,22-,23-,24-,25+,26+/m0/s1. The van der Waals surface area contributed by atoms with E-state index in [9.17, 15) is 35.4 Å². The molecule has 9 heteroatoms. The Morgan fingerprint density at radius 2 is 1.83 bits per heavy atom. The molecule has 1 saturated heterocycles. The molecule has 4 rings (SSSR count). The summed E-state index contributed by atoms with van der Waals surface area (Å²) in [6.45, 7) is 8.72. The van der Waals surface area contributed by atoms with Crippen molar-refractivity contribution < 1.29 is 44.9 Å². The third-order valence-corrected chi connectivity index (χ3v) is 9.40. The molecule has 35 heavy (non-hydrogen) atoms. The Morgan fingerprint density at radius 3 is 2.43 bits per heavy atom. The van der Waals surface area contributed by atoms with Gasteiger partial charge in [-0.25, -0.2) is 0 Å². The van der Waals surface area contributed by atoms with E-state index in [4.69, 9.17) is 9.47 Å². The summed E-state index contributed by atoms with van der Waals surface area (Å²) in [5.74, 6) is -0.718. The van der Waals surface area contributed by atoms with E-state index >= 15 is 0 Å². The van der Waals surface area contributed by atoms with Crippen molar-refractivity contribution in [2.75, 3.05) is 13.2 Å². The molecule has 6 N–H and O–H groups in total. The molecule has 0 aromatic rings. The number of carbonyl (C=O) groups is 1. The van der Waals surface area contributed by atoms with Crippen LogP contribution in [0.5, 0.6) is 0 Å². The summed E-state index contributed by atoms with van der Waals surface area (Å²) < 4.78 is 11.5. The monoisotopic (exact) mass is 496 g/mol. The molecule has 9 nitrogen and oxygen atoms in total. The number of fused-ring (bicyclic) bond motifs is 3. The summed E-state index contributed by atoms with van der Waals surface area (Å²) >= 11 is 0. The molecular formula is C26H40O9. The molecule has 0 bridgehead atoms. The number of rotatable bonds is 5. The zero-order valence-corrected chi connectivity index (χ0v) is 20.7. The second-order valence-corrected chi connectivity index (χ2v) is 11.9. The van der Waals surface area contributed by atoms with Gasteiger partial charge in [-0.15, -0.1) is 6.58 Å². The Morgan fingerprint density at radius 1 is 1.14 bits per heavy atom. The SMILES string of the molecule is C=C[C@@]1(C)CC[C@H]2C(=CC(=O)[C@@H]3[C@]2(C)C[C@@H](O)[C@H](O[C@@H]2O[C@H](CO)[C@@H](O)[C@@H](O)[C@@H]2O)[C@]3(C)CO)C1. The van der Waals surface area contributed by atoms with E-state index < -0.39 is 72.9 Å². The van der Waals surface area contributed by atoms with Crippen LogP contribution in [0.25, 0.3) is 0 Å². The minimum Gasteiger partial charge on any atom is -0.396 e. The van der Waals surface area contributed by atoms with Gasteiger partial charge in [0.1, 0.15) is 24.4 Å². The number of carbonyl (C=O) groups excluding carboxylic acids is 1. The van der Waals surface area contributed by atoms with Crippen molar-refractivity contribution in [2.45, 2.75) is 89.4 Å². The molecule has 0 unspecified atom stereocenters. The molecule has 4 aliphatic rings. The fourth-order valence-electron chi connectivity index (χ4n) is 7.46. The minimum atomic E-state index is -1.65. The smallest absolute Gasteiger partial charge is 0.187 e. The van der Waals surface area contributed by atoms with Gasteiger partial charge in [0.25, 0.3) is 0 Å². The van der Waals surface area contributed by atoms with Gasteiger partial charge in [0.15, 0.2) is 12.1 Å². The summed E-state index contributed by atoms with van der Waals surface area (Å²) in [7, 11) is 0. The second kappa shape index (κ2) is 9.29. The highest BCUT2D eigenvalue weighted by Crippen LogP contribution is 2.63. The van der Waals surface area contributed by atoms with Crippen molar-refractivity contribution >= 4 is 5.78 Å². The number of aliphatic hydroxyl groups is 6. The lowest BCUT2D eigenvalue weighted by molar-refractivity contribution is -0.338. The minimum absolute atomic E-state index is 0.0620. The summed E-state index contributed by atoms with van der Waals surface area (Å²) in [4.78, 5) is 13.6. The lowest BCUT2D eigenvalue weighted by Crippen LogP contribution is -2.67. The highest BCUT2D eigenvalue weighted by molar-refractivity contribution is 5.95. The average molecular weight is 497 g/mol. The van der Waals surface area contributed by atoms with E-state index in [1.54, 1.807) is 13.0 Å². The number of hydrogen-bond donors (Lipinski definition) is 6. The maximum absolute atomic E-state index is 13.6. The Hall–Kier alpha value is -1.17. The molecule has 0 radical (unpaired) electrons. The van der Waals surface area contributed by atoms with Crippen molar-refractivity contribution in [1.29, 1.82) is 0 Å². The average Bonchev–Trinajstić information content (AvgIpc) is 2.80. The van der Waals surface area contributed by atoms with Crippen molar-refractivity contribution in [3.8, 4) is 0 Å². The van der Waals surface area contributed by atoms with Crippen LogP contribution < -0.4 is 0 Å². The molecule has 1 aliphatic heterocycles. The van der Waals surface area contributed by atoms with Crippen LogP contribution in [0.3, 0.4) is 0 Å². The molecular weight excluding hydrogens is 456 g/mol.